The molecule has 0 radical (unpaired) electrons. The highest BCUT2D eigenvalue weighted by Gasteiger charge is 2.39. The Labute approximate surface area is 173 Å². The van der Waals surface area contributed by atoms with Gasteiger partial charge < -0.3 is 24.5 Å². The number of piperidine rings is 1. The van der Waals surface area contributed by atoms with Gasteiger partial charge in [0.05, 0.1) is 30.0 Å². The number of fused-ring (bicyclic) bond motifs is 1. The van der Waals surface area contributed by atoms with Gasteiger partial charge in [-0.05, 0) is 42.8 Å². The Morgan fingerprint density at radius 1 is 1.17 bits per heavy atom. The normalized spacial score (nSPS) is 18.8. The molecule has 156 valence electrons. The van der Waals surface area contributed by atoms with Gasteiger partial charge in [-0.2, -0.15) is 0 Å². The Morgan fingerprint density at radius 3 is 2.67 bits per heavy atom. The summed E-state index contributed by atoms with van der Waals surface area (Å²) in [5, 5.41) is 10.5. The summed E-state index contributed by atoms with van der Waals surface area (Å²) in [5.41, 5.74) is 3.92. The molecule has 2 N–H and O–H groups in total. The molecule has 2 aliphatic rings. The van der Waals surface area contributed by atoms with Crippen LogP contribution in [-0.2, 0) is 9.47 Å². The van der Waals surface area contributed by atoms with Crippen molar-refractivity contribution < 1.29 is 19.0 Å². The SMILES string of the molecule is Cc1cc(N=Cc2c(O)[nH]c3cccc(F)c23)ccc1N1CCC2(CC1)OCCO2. The summed E-state index contributed by atoms with van der Waals surface area (Å²) in [7, 11) is 0. The van der Waals surface area contributed by atoms with Crippen molar-refractivity contribution in [2.75, 3.05) is 31.2 Å². The monoisotopic (exact) mass is 409 g/mol. The number of aromatic nitrogens is 1. The second-order valence-corrected chi connectivity index (χ2v) is 7.87. The van der Waals surface area contributed by atoms with Crippen LogP contribution in [0.2, 0.25) is 0 Å². The van der Waals surface area contributed by atoms with Crippen LogP contribution < -0.4 is 4.90 Å². The molecule has 7 heteroatoms. The number of nitrogens with one attached hydrogen (secondary N) is 1. The highest BCUT2D eigenvalue weighted by Crippen LogP contribution is 2.35. The lowest BCUT2D eigenvalue weighted by Crippen LogP contribution is -2.45. The van der Waals surface area contributed by atoms with Crippen molar-refractivity contribution in [2.45, 2.75) is 25.6 Å². The van der Waals surface area contributed by atoms with Crippen LogP contribution in [0.1, 0.15) is 24.0 Å². The molecule has 1 aromatic heterocycles. The number of H-pyrrole nitrogens is 1. The molecule has 0 aliphatic carbocycles. The smallest absolute Gasteiger partial charge is 0.198 e. The lowest BCUT2D eigenvalue weighted by molar-refractivity contribution is -0.169. The Hall–Kier alpha value is -2.90. The number of hydrogen-bond acceptors (Lipinski definition) is 5. The third kappa shape index (κ3) is 3.34. The van der Waals surface area contributed by atoms with E-state index in [0.29, 0.717) is 29.7 Å². The first-order valence-corrected chi connectivity index (χ1v) is 10.2. The summed E-state index contributed by atoms with van der Waals surface area (Å²) in [4.78, 5) is 9.61. The predicted octanol–water partition coefficient (Wildman–Crippen LogP) is 4.41. The zero-order chi connectivity index (χ0) is 20.7. The van der Waals surface area contributed by atoms with Gasteiger partial charge in [0.2, 0.25) is 0 Å². The first-order chi connectivity index (χ1) is 14.5. The van der Waals surface area contributed by atoms with Crippen LogP contribution in [0.25, 0.3) is 10.9 Å². The molecule has 0 amide bonds. The largest absolute Gasteiger partial charge is 0.494 e. The van der Waals surface area contributed by atoms with Gasteiger partial charge in [0.25, 0.3) is 0 Å². The van der Waals surface area contributed by atoms with Gasteiger partial charge in [0.1, 0.15) is 5.82 Å². The molecule has 5 rings (SSSR count). The maximum Gasteiger partial charge on any atom is 0.198 e. The Kier molecular flexibility index (Phi) is 4.72. The highest BCUT2D eigenvalue weighted by atomic mass is 19.1. The topological polar surface area (TPSA) is 70.1 Å². The van der Waals surface area contributed by atoms with Crippen molar-refractivity contribution >= 4 is 28.5 Å². The van der Waals surface area contributed by atoms with Gasteiger partial charge in [-0.25, -0.2) is 4.39 Å². The van der Waals surface area contributed by atoms with Gasteiger partial charge in [0, 0.05) is 43.2 Å². The number of nitrogens with zero attached hydrogens (tertiary/aromatic N) is 2. The Morgan fingerprint density at radius 2 is 1.93 bits per heavy atom. The third-order valence-corrected chi connectivity index (χ3v) is 5.99. The molecule has 2 fully saturated rings. The zero-order valence-electron chi connectivity index (χ0n) is 16.8. The van der Waals surface area contributed by atoms with Crippen molar-refractivity contribution in [2.24, 2.45) is 4.99 Å². The van der Waals surface area contributed by atoms with E-state index in [1.807, 2.05) is 12.1 Å². The van der Waals surface area contributed by atoms with E-state index in [9.17, 15) is 9.50 Å². The van der Waals surface area contributed by atoms with E-state index in [0.717, 1.165) is 37.2 Å². The molecule has 0 saturated carbocycles. The Balaban J connectivity index is 1.35. The van der Waals surface area contributed by atoms with Crippen molar-refractivity contribution in [3.05, 3.63) is 53.3 Å². The van der Waals surface area contributed by atoms with E-state index in [1.54, 1.807) is 12.1 Å². The summed E-state index contributed by atoms with van der Waals surface area (Å²) in [6, 6.07) is 10.7. The second kappa shape index (κ2) is 7.41. The maximum absolute atomic E-state index is 14.2. The van der Waals surface area contributed by atoms with E-state index in [1.165, 1.54) is 18.0 Å². The molecule has 0 atom stereocenters. The quantitative estimate of drug-likeness (QED) is 0.629. The minimum absolute atomic E-state index is 0.0919. The van der Waals surface area contributed by atoms with Crippen LogP contribution in [0.3, 0.4) is 0 Å². The number of anilines is 1. The van der Waals surface area contributed by atoms with Crippen molar-refractivity contribution in [1.82, 2.24) is 4.98 Å². The molecule has 3 aromatic rings. The summed E-state index contributed by atoms with van der Waals surface area (Å²) >= 11 is 0. The number of halogens is 1. The fourth-order valence-corrected chi connectivity index (χ4v) is 4.43. The van der Waals surface area contributed by atoms with Gasteiger partial charge in [-0.15, -0.1) is 0 Å². The number of aromatic amines is 1. The molecule has 6 nitrogen and oxygen atoms in total. The van der Waals surface area contributed by atoms with E-state index in [2.05, 4.69) is 27.9 Å². The molecule has 3 heterocycles. The number of benzene rings is 2. The Bertz CT molecular complexity index is 1110. The van der Waals surface area contributed by atoms with E-state index in [4.69, 9.17) is 9.47 Å². The summed E-state index contributed by atoms with van der Waals surface area (Å²) in [5.74, 6) is -0.869. The fraction of sp³-hybridized carbons (Fsp3) is 0.348. The predicted molar refractivity (Wildman–Crippen MR) is 114 cm³/mol. The molecule has 0 bridgehead atoms. The van der Waals surface area contributed by atoms with E-state index in [-0.39, 0.29) is 11.7 Å². The lowest BCUT2D eigenvalue weighted by Gasteiger charge is -2.39. The summed E-state index contributed by atoms with van der Waals surface area (Å²) < 4.78 is 25.8. The minimum atomic E-state index is -0.393. The lowest BCUT2D eigenvalue weighted by atomic mass is 10.0. The van der Waals surface area contributed by atoms with Gasteiger partial charge in [-0.3, -0.25) is 4.99 Å². The zero-order valence-corrected chi connectivity index (χ0v) is 16.8. The van der Waals surface area contributed by atoms with Crippen LogP contribution in [0, 0.1) is 12.7 Å². The first kappa shape index (κ1) is 19.1. The molecule has 2 aliphatic heterocycles. The molecule has 2 saturated heterocycles. The molecular formula is C23H24FN3O3. The number of rotatable bonds is 3. The molecule has 2 aromatic carbocycles. The second-order valence-electron chi connectivity index (χ2n) is 7.87. The van der Waals surface area contributed by atoms with Crippen LogP contribution in [0.15, 0.2) is 41.4 Å². The summed E-state index contributed by atoms with van der Waals surface area (Å²) in [6.07, 6.45) is 3.22. The molecule has 30 heavy (non-hydrogen) atoms. The maximum atomic E-state index is 14.2. The average molecular weight is 409 g/mol. The van der Waals surface area contributed by atoms with Crippen molar-refractivity contribution in [3.63, 3.8) is 0 Å². The number of aromatic hydroxyl groups is 1. The van der Waals surface area contributed by atoms with Crippen LogP contribution >= 0.6 is 0 Å². The summed E-state index contributed by atoms with van der Waals surface area (Å²) in [6.45, 7) is 5.19. The van der Waals surface area contributed by atoms with Gasteiger partial charge >= 0.3 is 0 Å². The van der Waals surface area contributed by atoms with Crippen molar-refractivity contribution in [3.8, 4) is 5.88 Å². The number of aliphatic imine (C=N–C) groups is 1. The molecular weight excluding hydrogens is 385 g/mol. The standard InChI is InChI=1S/C23H24FN3O3/c1-15-13-16(25-14-17-21-18(24)3-2-4-19(21)26-22(17)28)5-6-20(15)27-9-7-23(8-10-27)29-11-12-30-23/h2-6,13-14,26,28H,7-12H2,1H3. The van der Waals surface area contributed by atoms with E-state index >= 15 is 0 Å². The van der Waals surface area contributed by atoms with Crippen LogP contribution in [-0.4, -0.2) is 48.4 Å². The number of ether oxygens (including phenoxy) is 2. The van der Waals surface area contributed by atoms with Gasteiger partial charge in [-0.1, -0.05) is 6.07 Å². The van der Waals surface area contributed by atoms with Crippen LogP contribution in [0.4, 0.5) is 15.8 Å². The van der Waals surface area contributed by atoms with E-state index < -0.39 is 5.82 Å². The highest BCUT2D eigenvalue weighted by molar-refractivity contribution is 6.02. The number of aryl methyl sites for hydroxylation is 1. The molecule has 1 spiro atoms. The van der Waals surface area contributed by atoms with Crippen LogP contribution in [0.5, 0.6) is 5.88 Å². The van der Waals surface area contributed by atoms with Gasteiger partial charge in [0.15, 0.2) is 11.7 Å². The molecule has 0 unspecified atom stereocenters. The third-order valence-electron chi connectivity index (χ3n) is 5.99. The minimum Gasteiger partial charge on any atom is -0.494 e. The fourth-order valence-electron chi connectivity index (χ4n) is 4.43. The number of hydrogen-bond donors (Lipinski definition) is 2. The van der Waals surface area contributed by atoms with Crippen molar-refractivity contribution in [1.29, 1.82) is 0 Å². The first-order valence-electron chi connectivity index (χ1n) is 10.2. The average Bonchev–Trinajstić information content (AvgIpc) is 3.32.